The zero-order chi connectivity index (χ0) is 27.5. The Morgan fingerprint density at radius 3 is 2.32 bits per heavy atom. The van der Waals surface area contributed by atoms with E-state index in [0.717, 1.165) is 38.3 Å². The molecule has 0 spiro atoms. The summed E-state index contributed by atoms with van der Waals surface area (Å²) in [5.74, 6) is -3.88. The number of methoxy groups -OCH3 is 1. The number of halogens is 4. The first-order valence-corrected chi connectivity index (χ1v) is 11.8. The van der Waals surface area contributed by atoms with Gasteiger partial charge in [0.2, 0.25) is 11.8 Å². The number of nitrogens with zero attached hydrogens (tertiary/aromatic N) is 2. The molecule has 1 aliphatic rings. The number of aromatic nitrogens is 1. The van der Waals surface area contributed by atoms with Crippen LogP contribution in [0.15, 0.2) is 24.4 Å². The van der Waals surface area contributed by atoms with Crippen LogP contribution in [0.25, 0.3) is 0 Å². The van der Waals surface area contributed by atoms with Crippen LogP contribution in [0.4, 0.5) is 23.2 Å². The molecule has 0 bridgehead atoms. The third-order valence-electron chi connectivity index (χ3n) is 6.35. The van der Waals surface area contributed by atoms with Gasteiger partial charge in [0.1, 0.15) is 5.56 Å². The minimum atomic E-state index is -4.96. The molecule has 1 aliphatic carbocycles. The molecule has 1 fully saturated rings. The Labute approximate surface area is 211 Å². The maximum Gasteiger partial charge on any atom is 0.421 e. The normalized spacial score (nSPS) is 17.9. The minimum absolute atomic E-state index is 0.0735. The van der Waals surface area contributed by atoms with Crippen molar-refractivity contribution in [2.75, 3.05) is 12.0 Å². The van der Waals surface area contributed by atoms with Crippen molar-refractivity contribution in [3.05, 3.63) is 46.9 Å². The highest BCUT2D eigenvalue weighted by atomic mass is 19.4. The van der Waals surface area contributed by atoms with Gasteiger partial charge in [0.15, 0.2) is 17.9 Å². The summed E-state index contributed by atoms with van der Waals surface area (Å²) in [5, 5.41) is 0. The molecule has 1 aromatic heterocycles. The third kappa shape index (κ3) is 6.26. The highest BCUT2D eigenvalue weighted by Crippen LogP contribution is 2.40. The lowest BCUT2D eigenvalue weighted by molar-refractivity contribution is -0.139. The second kappa shape index (κ2) is 11.3. The molecule has 0 aliphatic heterocycles. The van der Waals surface area contributed by atoms with Crippen LogP contribution < -0.4 is 9.64 Å². The number of ether oxygens (including phenoxy) is 2. The van der Waals surface area contributed by atoms with Gasteiger partial charge in [0.25, 0.3) is 0 Å². The van der Waals surface area contributed by atoms with Crippen molar-refractivity contribution >= 4 is 23.9 Å². The number of esters is 1. The lowest BCUT2D eigenvalue weighted by Crippen LogP contribution is -2.43. The average molecular weight is 525 g/mol. The topological polar surface area (TPSA) is 85.8 Å². The monoisotopic (exact) mass is 524 g/mol. The fraction of sp³-hybridized carbons (Fsp3) is 0.462. The smallest absolute Gasteiger partial charge is 0.421 e. The zero-order valence-electron chi connectivity index (χ0n) is 20.9. The van der Waals surface area contributed by atoms with Gasteiger partial charge in [0.05, 0.1) is 18.4 Å². The number of pyridine rings is 1. The van der Waals surface area contributed by atoms with Crippen LogP contribution >= 0.6 is 0 Å². The molecule has 0 saturated heterocycles. The van der Waals surface area contributed by atoms with Gasteiger partial charge < -0.3 is 14.4 Å². The van der Waals surface area contributed by atoms with E-state index < -0.39 is 41.2 Å². The number of aldehydes is 1. The van der Waals surface area contributed by atoms with E-state index in [1.165, 1.54) is 4.90 Å². The SMILES string of the molecule is COC(=O)c1cc(Oc2ncc(C=O)cc2C(F)(F)F)c(F)cc1N(C(=O)[C@H]1CC[C@H](C)CC1)C(C)C. The van der Waals surface area contributed by atoms with Crippen LogP contribution in [0.2, 0.25) is 0 Å². The van der Waals surface area contributed by atoms with Crippen molar-refractivity contribution in [3.8, 4) is 11.6 Å². The van der Waals surface area contributed by atoms with Crippen LogP contribution in [-0.2, 0) is 15.7 Å². The van der Waals surface area contributed by atoms with Crippen molar-refractivity contribution in [3.63, 3.8) is 0 Å². The van der Waals surface area contributed by atoms with Crippen LogP contribution in [0.5, 0.6) is 11.6 Å². The first-order chi connectivity index (χ1) is 17.4. The van der Waals surface area contributed by atoms with Crippen molar-refractivity contribution < 1.29 is 41.4 Å². The number of anilines is 1. The highest BCUT2D eigenvalue weighted by molar-refractivity contribution is 6.04. The Bertz CT molecular complexity index is 1170. The summed E-state index contributed by atoms with van der Waals surface area (Å²) in [7, 11) is 1.08. The molecule has 1 amide bonds. The Kier molecular flexibility index (Phi) is 8.55. The Morgan fingerprint density at radius 2 is 1.78 bits per heavy atom. The maximum atomic E-state index is 15.3. The number of alkyl halides is 3. The van der Waals surface area contributed by atoms with Crippen molar-refractivity contribution in [2.24, 2.45) is 11.8 Å². The van der Waals surface area contributed by atoms with Gasteiger partial charge in [-0.3, -0.25) is 9.59 Å². The summed E-state index contributed by atoms with van der Waals surface area (Å²) >= 11 is 0. The fourth-order valence-electron chi connectivity index (χ4n) is 4.37. The molecule has 0 atom stereocenters. The van der Waals surface area contributed by atoms with Gasteiger partial charge in [-0.1, -0.05) is 6.92 Å². The average Bonchev–Trinajstić information content (AvgIpc) is 2.84. The van der Waals surface area contributed by atoms with Crippen LogP contribution in [0.1, 0.15) is 72.7 Å². The molecule has 1 heterocycles. The second-order valence-electron chi connectivity index (χ2n) is 9.39. The Hall–Kier alpha value is -3.50. The van der Waals surface area contributed by atoms with Gasteiger partial charge in [-0.15, -0.1) is 0 Å². The lowest BCUT2D eigenvalue weighted by Gasteiger charge is -2.34. The molecule has 0 unspecified atom stereocenters. The summed E-state index contributed by atoms with van der Waals surface area (Å²) in [6.45, 7) is 5.53. The largest absolute Gasteiger partial charge is 0.465 e. The number of carbonyl (C=O) groups is 3. The molecule has 11 heteroatoms. The molecule has 1 saturated carbocycles. The van der Waals surface area contributed by atoms with E-state index in [4.69, 9.17) is 9.47 Å². The fourth-order valence-corrected chi connectivity index (χ4v) is 4.37. The van der Waals surface area contributed by atoms with Gasteiger partial charge in [-0.2, -0.15) is 13.2 Å². The standard InChI is InChI=1S/C26H28F4N2O5/c1-14(2)32(24(34)17-7-5-15(3)6-8-17)21-11-20(27)22(10-18(21)25(35)36-4)37-23-19(26(28,29)30)9-16(13-33)12-31-23/h9-15,17H,5-8H2,1-4H3/t15-,17-. The summed E-state index contributed by atoms with van der Waals surface area (Å²) in [4.78, 5) is 41.9. The minimum Gasteiger partial charge on any atom is -0.465 e. The van der Waals surface area contributed by atoms with E-state index in [9.17, 15) is 27.6 Å². The van der Waals surface area contributed by atoms with Crippen LogP contribution in [0, 0.1) is 17.7 Å². The molecule has 3 rings (SSSR count). The number of hydrogen-bond donors (Lipinski definition) is 0. The molecule has 7 nitrogen and oxygen atoms in total. The lowest BCUT2D eigenvalue weighted by atomic mass is 9.82. The molecular weight excluding hydrogens is 496 g/mol. The summed E-state index contributed by atoms with van der Waals surface area (Å²) in [5.41, 5.74) is -2.08. The van der Waals surface area contributed by atoms with E-state index >= 15 is 4.39 Å². The predicted octanol–water partition coefficient (Wildman–Crippen LogP) is 6.20. The van der Waals surface area contributed by atoms with Crippen LogP contribution in [-0.4, -0.2) is 36.3 Å². The number of rotatable bonds is 7. The van der Waals surface area contributed by atoms with Crippen molar-refractivity contribution in [1.29, 1.82) is 0 Å². The molecular formula is C26H28F4N2O5. The molecule has 200 valence electrons. The van der Waals surface area contributed by atoms with Gasteiger partial charge in [-0.25, -0.2) is 14.2 Å². The van der Waals surface area contributed by atoms with E-state index in [2.05, 4.69) is 11.9 Å². The quantitative estimate of drug-likeness (QED) is 0.244. The number of hydrogen-bond acceptors (Lipinski definition) is 6. The van der Waals surface area contributed by atoms with Gasteiger partial charge >= 0.3 is 12.1 Å². The first kappa shape index (κ1) is 28.1. The Morgan fingerprint density at radius 1 is 1.14 bits per heavy atom. The molecule has 2 aromatic rings. The predicted molar refractivity (Wildman–Crippen MR) is 126 cm³/mol. The Balaban J connectivity index is 2.08. The maximum absolute atomic E-state index is 15.3. The number of amides is 1. The van der Waals surface area contributed by atoms with E-state index in [1.807, 2.05) is 0 Å². The van der Waals surface area contributed by atoms with Crippen molar-refractivity contribution in [2.45, 2.75) is 58.7 Å². The van der Waals surface area contributed by atoms with E-state index in [0.29, 0.717) is 24.8 Å². The summed E-state index contributed by atoms with van der Waals surface area (Å²) in [6, 6.07) is 1.82. The molecule has 0 radical (unpaired) electrons. The van der Waals surface area contributed by atoms with Crippen LogP contribution in [0.3, 0.4) is 0 Å². The summed E-state index contributed by atoms with van der Waals surface area (Å²) < 4.78 is 65.8. The van der Waals surface area contributed by atoms with Gasteiger partial charge in [-0.05, 0) is 51.5 Å². The third-order valence-corrected chi connectivity index (χ3v) is 6.35. The molecule has 37 heavy (non-hydrogen) atoms. The molecule has 0 N–H and O–H groups in total. The zero-order valence-corrected chi connectivity index (χ0v) is 20.9. The van der Waals surface area contributed by atoms with E-state index in [1.54, 1.807) is 13.8 Å². The second-order valence-corrected chi connectivity index (χ2v) is 9.39. The van der Waals surface area contributed by atoms with Gasteiger partial charge in [0, 0.05) is 35.9 Å². The highest BCUT2D eigenvalue weighted by Gasteiger charge is 2.37. The molecule has 1 aromatic carbocycles. The van der Waals surface area contributed by atoms with E-state index in [-0.39, 0.29) is 34.9 Å². The van der Waals surface area contributed by atoms with Crippen molar-refractivity contribution in [1.82, 2.24) is 4.98 Å². The summed E-state index contributed by atoms with van der Waals surface area (Å²) in [6.07, 6.45) is -0.889. The number of carbonyl (C=O) groups excluding carboxylic acids is 3. The number of benzene rings is 1. The first-order valence-electron chi connectivity index (χ1n) is 11.8.